The van der Waals surface area contributed by atoms with Gasteiger partial charge in [0.05, 0.1) is 17.7 Å². The molecule has 0 saturated heterocycles. The molecule has 0 bridgehead atoms. The molecule has 1 saturated carbocycles. The Bertz CT molecular complexity index is 1470. The molecule has 3 aromatic carbocycles. The van der Waals surface area contributed by atoms with Crippen LogP contribution in [0.25, 0.3) is 0 Å². The number of carbonyl (C=O) groups is 2. The monoisotopic (exact) mass is 609 g/mol. The molecule has 1 N–H and O–H groups in total. The van der Waals surface area contributed by atoms with Crippen molar-refractivity contribution in [3.8, 4) is 5.75 Å². The van der Waals surface area contributed by atoms with E-state index in [0.29, 0.717) is 17.7 Å². The van der Waals surface area contributed by atoms with Crippen LogP contribution in [0, 0.1) is 12.7 Å². The number of nitrogens with one attached hydrogen (secondary N) is 1. The number of nitrogens with zero attached hydrogens (tertiary/aromatic N) is 2. The number of ether oxygens (including phenoxy) is 1. The van der Waals surface area contributed by atoms with Gasteiger partial charge in [-0.1, -0.05) is 56.0 Å². The molecule has 230 valence electrons. The molecular weight excluding hydrogens is 569 g/mol. The molecule has 4 rings (SSSR count). The topological polar surface area (TPSA) is 96.0 Å². The summed E-state index contributed by atoms with van der Waals surface area (Å²) in [4.78, 5) is 29.2. The predicted octanol–water partition coefficient (Wildman–Crippen LogP) is 5.59. The molecule has 1 atom stereocenters. The third-order valence-corrected chi connectivity index (χ3v) is 9.64. The van der Waals surface area contributed by atoms with Crippen LogP contribution in [0.2, 0.25) is 0 Å². The van der Waals surface area contributed by atoms with Gasteiger partial charge in [-0.3, -0.25) is 13.9 Å². The van der Waals surface area contributed by atoms with Gasteiger partial charge in [0.25, 0.3) is 10.0 Å². The average molecular weight is 610 g/mol. The van der Waals surface area contributed by atoms with E-state index in [1.54, 1.807) is 48.5 Å². The molecule has 3 aromatic rings. The molecule has 0 aromatic heterocycles. The van der Waals surface area contributed by atoms with E-state index in [0.717, 1.165) is 42.0 Å². The molecule has 0 spiro atoms. The van der Waals surface area contributed by atoms with Crippen LogP contribution in [-0.2, 0) is 26.2 Å². The number of halogens is 1. The number of amides is 2. The predicted molar refractivity (Wildman–Crippen MR) is 165 cm³/mol. The van der Waals surface area contributed by atoms with Crippen molar-refractivity contribution in [2.45, 2.75) is 75.9 Å². The van der Waals surface area contributed by atoms with Crippen LogP contribution in [0.5, 0.6) is 5.75 Å². The van der Waals surface area contributed by atoms with Gasteiger partial charge in [0.1, 0.15) is 24.2 Å². The van der Waals surface area contributed by atoms with Crippen LogP contribution >= 0.6 is 0 Å². The number of methoxy groups -OCH3 is 1. The van der Waals surface area contributed by atoms with Crippen LogP contribution < -0.4 is 14.4 Å². The third kappa shape index (κ3) is 8.13. The van der Waals surface area contributed by atoms with Gasteiger partial charge in [0, 0.05) is 12.6 Å². The Morgan fingerprint density at radius 2 is 1.58 bits per heavy atom. The first-order chi connectivity index (χ1) is 20.6. The standard InChI is InChI=1S/C33H40FN3O5S/c1-4-31(33(39)35-27-8-6-5-7-9-27)36(22-25-12-14-26(34)15-13-25)32(38)23-37(28-16-18-29(42-3)19-17-28)43(40,41)30-20-10-24(2)11-21-30/h10-21,27,31H,4-9,22-23H2,1-3H3,(H,35,39)/t31-/m0/s1. The third-order valence-electron chi connectivity index (χ3n) is 7.85. The second kappa shape index (κ2) is 14.5. The van der Waals surface area contributed by atoms with Gasteiger partial charge in [-0.15, -0.1) is 0 Å². The summed E-state index contributed by atoms with van der Waals surface area (Å²) >= 11 is 0. The fraction of sp³-hybridized carbons (Fsp3) is 0.394. The van der Waals surface area contributed by atoms with E-state index >= 15 is 0 Å². The smallest absolute Gasteiger partial charge is 0.264 e. The van der Waals surface area contributed by atoms with Crippen LogP contribution in [-0.4, -0.2) is 50.9 Å². The zero-order chi connectivity index (χ0) is 31.0. The SMILES string of the molecule is CC[C@@H](C(=O)NC1CCCCC1)N(Cc1ccc(F)cc1)C(=O)CN(c1ccc(OC)cc1)S(=O)(=O)c1ccc(C)cc1. The molecule has 0 heterocycles. The van der Waals surface area contributed by atoms with Gasteiger partial charge in [-0.2, -0.15) is 0 Å². The number of rotatable bonds is 12. The minimum atomic E-state index is -4.18. The number of sulfonamides is 1. The zero-order valence-electron chi connectivity index (χ0n) is 25.0. The lowest BCUT2D eigenvalue weighted by atomic mass is 9.95. The first-order valence-corrected chi connectivity index (χ1v) is 16.1. The number of benzene rings is 3. The largest absolute Gasteiger partial charge is 0.497 e. The highest BCUT2D eigenvalue weighted by atomic mass is 32.2. The van der Waals surface area contributed by atoms with Crippen LogP contribution in [0.4, 0.5) is 10.1 Å². The van der Waals surface area contributed by atoms with Crippen LogP contribution in [0.15, 0.2) is 77.7 Å². The van der Waals surface area contributed by atoms with Crippen molar-refractivity contribution in [3.05, 3.63) is 89.7 Å². The van der Waals surface area contributed by atoms with Gasteiger partial charge in [-0.25, -0.2) is 12.8 Å². The number of carbonyl (C=O) groups excluding carboxylic acids is 2. The maximum absolute atomic E-state index is 14.2. The fourth-order valence-electron chi connectivity index (χ4n) is 5.36. The minimum absolute atomic E-state index is 0.0107. The Hall–Kier alpha value is -3.92. The zero-order valence-corrected chi connectivity index (χ0v) is 25.8. The number of hydrogen-bond acceptors (Lipinski definition) is 5. The van der Waals surface area contributed by atoms with Crippen LogP contribution in [0.1, 0.15) is 56.6 Å². The van der Waals surface area contributed by atoms with E-state index in [9.17, 15) is 22.4 Å². The fourth-order valence-corrected chi connectivity index (χ4v) is 6.78. The summed E-state index contributed by atoms with van der Waals surface area (Å²) in [5, 5.41) is 3.12. The molecule has 1 fully saturated rings. The number of anilines is 1. The minimum Gasteiger partial charge on any atom is -0.497 e. The second-order valence-electron chi connectivity index (χ2n) is 10.9. The van der Waals surface area contributed by atoms with Crippen molar-refractivity contribution in [3.63, 3.8) is 0 Å². The first-order valence-electron chi connectivity index (χ1n) is 14.7. The summed E-state index contributed by atoms with van der Waals surface area (Å²) in [6, 6.07) is 17.7. The van der Waals surface area contributed by atoms with Crippen molar-refractivity contribution in [1.82, 2.24) is 10.2 Å². The second-order valence-corrected chi connectivity index (χ2v) is 12.8. The summed E-state index contributed by atoms with van der Waals surface area (Å²) in [6.07, 6.45) is 5.29. The highest BCUT2D eigenvalue weighted by Crippen LogP contribution is 2.27. The van der Waals surface area contributed by atoms with Gasteiger partial charge >= 0.3 is 0 Å². The quantitative estimate of drug-likeness (QED) is 0.289. The maximum Gasteiger partial charge on any atom is 0.264 e. The van der Waals surface area contributed by atoms with Crippen molar-refractivity contribution in [2.24, 2.45) is 0 Å². The lowest BCUT2D eigenvalue weighted by molar-refractivity contribution is -0.140. The van der Waals surface area contributed by atoms with Gasteiger partial charge in [-0.05, 0) is 80.3 Å². The van der Waals surface area contributed by atoms with E-state index in [-0.39, 0.29) is 29.1 Å². The van der Waals surface area contributed by atoms with Gasteiger partial charge < -0.3 is 15.0 Å². The van der Waals surface area contributed by atoms with E-state index in [1.165, 1.54) is 36.3 Å². The summed E-state index contributed by atoms with van der Waals surface area (Å²) in [5.41, 5.74) is 1.79. The van der Waals surface area contributed by atoms with Crippen molar-refractivity contribution in [1.29, 1.82) is 0 Å². The Labute approximate surface area is 253 Å². The van der Waals surface area contributed by atoms with Gasteiger partial charge in [0.15, 0.2) is 0 Å². The summed E-state index contributed by atoms with van der Waals surface area (Å²) in [6.45, 7) is 3.14. The molecule has 1 aliphatic carbocycles. The molecular formula is C33H40FN3O5S. The summed E-state index contributed by atoms with van der Waals surface area (Å²) in [7, 11) is -2.67. The molecule has 0 unspecified atom stereocenters. The molecule has 0 aliphatic heterocycles. The van der Waals surface area contributed by atoms with Gasteiger partial charge in [0.2, 0.25) is 11.8 Å². The van der Waals surface area contributed by atoms with E-state index in [2.05, 4.69) is 5.32 Å². The van der Waals surface area contributed by atoms with E-state index in [1.807, 2.05) is 13.8 Å². The Balaban J connectivity index is 1.70. The highest BCUT2D eigenvalue weighted by Gasteiger charge is 2.34. The number of aryl methyl sites for hydroxylation is 1. The lowest BCUT2D eigenvalue weighted by Gasteiger charge is -2.34. The molecule has 8 nitrogen and oxygen atoms in total. The van der Waals surface area contributed by atoms with Crippen molar-refractivity contribution >= 4 is 27.5 Å². The van der Waals surface area contributed by atoms with E-state index < -0.39 is 34.3 Å². The first kappa shape index (κ1) is 32.0. The highest BCUT2D eigenvalue weighted by molar-refractivity contribution is 7.92. The van der Waals surface area contributed by atoms with E-state index in [4.69, 9.17) is 4.74 Å². The molecule has 2 amide bonds. The summed E-state index contributed by atoms with van der Waals surface area (Å²) in [5.74, 6) is -0.714. The van der Waals surface area contributed by atoms with Crippen molar-refractivity contribution < 1.29 is 27.1 Å². The lowest BCUT2D eigenvalue weighted by Crippen LogP contribution is -2.54. The summed E-state index contributed by atoms with van der Waals surface area (Å²) < 4.78 is 48.0. The normalized spacial score (nSPS) is 14.5. The molecule has 1 aliphatic rings. The van der Waals surface area contributed by atoms with Crippen molar-refractivity contribution in [2.75, 3.05) is 18.0 Å². The Morgan fingerprint density at radius 3 is 2.16 bits per heavy atom. The Morgan fingerprint density at radius 1 is 0.953 bits per heavy atom. The maximum atomic E-state index is 14.2. The molecule has 43 heavy (non-hydrogen) atoms. The average Bonchev–Trinajstić information content (AvgIpc) is 3.01. The molecule has 10 heteroatoms. The molecule has 0 radical (unpaired) electrons. The Kier molecular flexibility index (Phi) is 10.8. The van der Waals surface area contributed by atoms with Crippen LogP contribution in [0.3, 0.4) is 0 Å². The number of hydrogen-bond donors (Lipinski definition) is 1.